The summed E-state index contributed by atoms with van der Waals surface area (Å²) in [5.41, 5.74) is 3.41. The summed E-state index contributed by atoms with van der Waals surface area (Å²) in [5.74, 6) is 0. The van der Waals surface area contributed by atoms with Gasteiger partial charge in [0, 0.05) is 18.3 Å². The number of nitrogens with one attached hydrogen (secondary N) is 3. The lowest BCUT2D eigenvalue weighted by Gasteiger charge is -2.27. The predicted octanol–water partition coefficient (Wildman–Crippen LogP) is 3.84. The van der Waals surface area contributed by atoms with Crippen molar-refractivity contribution < 1.29 is 4.79 Å². The number of benzene rings is 2. The molecule has 0 saturated heterocycles. The fraction of sp³-hybridized carbons (Fsp3) is 0.222. The fourth-order valence-corrected chi connectivity index (χ4v) is 3.80. The Kier molecular flexibility index (Phi) is 4.04. The van der Waals surface area contributed by atoms with E-state index in [-0.39, 0.29) is 12.1 Å². The van der Waals surface area contributed by atoms with Crippen LogP contribution in [-0.2, 0) is 6.42 Å². The standard InChI is InChI=1S/C18H18N4OS/c23-17(22-18-21-15-7-3-4-8-16(15)24-18)19-11-13-10-9-12-5-1-2-6-14(12)20-13/h1-8,13,20H,9-11H2,(H2,19,21,22,23). The lowest BCUT2D eigenvalue weighted by Crippen LogP contribution is -2.40. The third kappa shape index (κ3) is 3.19. The Labute approximate surface area is 144 Å². The van der Waals surface area contributed by atoms with Crippen molar-refractivity contribution in [2.75, 3.05) is 17.2 Å². The molecule has 3 aromatic rings. The molecule has 1 unspecified atom stereocenters. The number of aromatic nitrogens is 1. The number of carbonyl (C=O) groups is 1. The van der Waals surface area contributed by atoms with Crippen molar-refractivity contribution in [1.29, 1.82) is 0 Å². The number of aryl methyl sites for hydroxylation is 1. The first-order valence-corrected chi connectivity index (χ1v) is 8.84. The van der Waals surface area contributed by atoms with Crippen molar-refractivity contribution in [3.05, 3.63) is 54.1 Å². The Balaban J connectivity index is 1.32. The maximum atomic E-state index is 12.1. The number of anilines is 2. The number of hydrogen-bond donors (Lipinski definition) is 3. The lowest BCUT2D eigenvalue weighted by atomic mass is 9.98. The van der Waals surface area contributed by atoms with Gasteiger partial charge in [0.25, 0.3) is 0 Å². The Morgan fingerprint density at radius 3 is 2.96 bits per heavy atom. The van der Waals surface area contributed by atoms with E-state index < -0.39 is 0 Å². The second-order valence-corrected chi connectivity index (χ2v) is 6.89. The third-order valence-corrected chi connectivity index (χ3v) is 5.11. The topological polar surface area (TPSA) is 66.1 Å². The summed E-state index contributed by atoms with van der Waals surface area (Å²) in [6, 6.07) is 16.2. The van der Waals surface area contributed by atoms with Gasteiger partial charge in [-0.05, 0) is 36.6 Å². The number of carbonyl (C=O) groups excluding carboxylic acids is 1. The molecule has 4 rings (SSSR count). The van der Waals surface area contributed by atoms with Gasteiger partial charge in [0.05, 0.1) is 10.2 Å². The molecular weight excluding hydrogens is 320 g/mol. The molecule has 0 saturated carbocycles. The number of para-hydroxylation sites is 2. The van der Waals surface area contributed by atoms with Crippen molar-refractivity contribution >= 4 is 38.4 Å². The number of fused-ring (bicyclic) bond motifs is 2. The molecule has 3 N–H and O–H groups in total. The molecule has 1 aliphatic rings. The molecule has 122 valence electrons. The van der Waals surface area contributed by atoms with E-state index in [9.17, 15) is 4.79 Å². The summed E-state index contributed by atoms with van der Waals surface area (Å²) in [4.78, 5) is 16.5. The van der Waals surface area contributed by atoms with Crippen molar-refractivity contribution in [2.24, 2.45) is 0 Å². The van der Waals surface area contributed by atoms with E-state index in [1.54, 1.807) is 0 Å². The highest BCUT2D eigenvalue weighted by atomic mass is 32.1. The SMILES string of the molecule is O=C(NCC1CCc2ccccc2N1)Nc1nc2ccccc2s1. The van der Waals surface area contributed by atoms with Crippen LogP contribution in [0.2, 0.25) is 0 Å². The largest absolute Gasteiger partial charge is 0.380 e. The van der Waals surface area contributed by atoms with Crippen molar-refractivity contribution in [1.82, 2.24) is 10.3 Å². The van der Waals surface area contributed by atoms with Gasteiger partial charge in [-0.15, -0.1) is 0 Å². The number of thiazole rings is 1. The minimum absolute atomic E-state index is 0.213. The van der Waals surface area contributed by atoms with Crippen LogP contribution in [0.15, 0.2) is 48.5 Å². The summed E-state index contributed by atoms with van der Waals surface area (Å²) in [7, 11) is 0. The molecule has 0 fully saturated rings. The van der Waals surface area contributed by atoms with E-state index >= 15 is 0 Å². The van der Waals surface area contributed by atoms with Crippen LogP contribution < -0.4 is 16.0 Å². The van der Waals surface area contributed by atoms with E-state index in [0.717, 1.165) is 23.1 Å². The van der Waals surface area contributed by atoms with Crippen LogP contribution in [0, 0.1) is 0 Å². The number of rotatable bonds is 3. The van der Waals surface area contributed by atoms with E-state index in [1.807, 2.05) is 30.3 Å². The van der Waals surface area contributed by atoms with E-state index in [0.29, 0.717) is 11.7 Å². The fourth-order valence-electron chi connectivity index (χ4n) is 2.94. The van der Waals surface area contributed by atoms with Crippen LogP contribution in [0.4, 0.5) is 15.6 Å². The van der Waals surface area contributed by atoms with E-state index in [2.05, 4.69) is 39.1 Å². The van der Waals surface area contributed by atoms with Crippen LogP contribution in [0.3, 0.4) is 0 Å². The third-order valence-electron chi connectivity index (χ3n) is 4.16. The summed E-state index contributed by atoms with van der Waals surface area (Å²) in [6.07, 6.45) is 2.05. The Morgan fingerprint density at radius 1 is 1.21 bits per heavy atom. The minimum Gasteiger partial charge on any atom is -0.380 e. The molecule has 0 aliphatic carbocycles. The molecule has 2 aromatic carbocycles. The predicted molar refractivity (Wildman–Crippen MR) is 98.8 cm³/mol. The monoisotopic (exact) mass is 338 g/mol. The molecule has 1 aliphatic heterocycles. The van der Waals surface area contributed by atoms with Crippen LogP contribution in [-0.4, -0.2) is 23.6 Å². The first-order valence-electron chi connectivity index (χ1n) is 8.03. The molecule has 2 heterocycles. The highest BCUT2D eigenvalue weighted by Gasteiger charge is 2.17. The number of hydrogen-bond acceptors (Lipinski definition) is 4. The van der Waals surface area contributed by atoms with Gasteiger partial charge in [0.2, 0.25) is 0 Å². The molecular formula is C18H18N4OS. The van der Waals surface area contributed by atoms with Crippen molar-refractivity contribution in [3.63, 3.8) is 0 Å². The van der Waals surface area contributed by atoms with Crippen LogP contribution in [0.5, 0.6) is 0 Å². The highest BCUT2D eigenvalue weighted by Crippen LogP contribution is 2.25. The van der Waals surface area contributed by atoms with Gasteiger partial charge in [-0.25, -0.2) is 9.78 Å². The second-order valence-electron chi connectivity index (χ2n) is 5.86. The minimum atomic E-state index is -0.213. The quantitative estimate of drug-likeness (QED) is 0.680. The average Bonchev–Trinajstić information content (AvgIpc) is 3.02. The first-order chi connectivity index (χ1) is 11.8. The zero-order valence-corrected chi connectivity index (χ0v) is 13.9. The molecule has 0 bridgehead atoms. The van der Waals surface area contributed by atoms with Gasteiger partial charge in [-0.1, -0.05) is 41.7 Å². The molecule has 1 atom stereocenters. The summed E-state index contributed by atoms with van der Waals surface area (Å²) >= 11 is 1.48. The Morgan fingerprint density at radius 2 is 2.04 bits per heavy atom. The highest BCUT2D eigenvalue weighted by molar-refractivity contribution is 7.22. The molecule has 1 aromatic heterocycles. The van der Waals surface area contributed by atoms with Crippen LogP contribution in [0.25, 0.3) is 10.2 Å². The van der Waals surface area contributed by atoms with Gasteiger partial charge in [0.1, 0.15) is 0 Å². The Bertz CT molecular complexity index is 843. The van der Waals surface area contributed by atoms with Crippen LogP contribution in [0.1, 0.15) is 12.0 Å². The zero-order valence-electron chi connectivity index (χ0n) is 13.1. The zero-order chi connectivity index (χ0) is 16.4. The van der Waals surface area contributed by atoms with E-state index in [1.165, 1.54) is 22.6 Å². The van der Waals surface area contributed by atoms with E-state index in [4.69, 9.17) is 0 Å². The lowest BCUT2D eigenvalue weighted by molar-refractivity contribution is 0.251. The van der Waals surface area contributed by atoms with Gasteiger partial charge >= 0.3 is 6.03 Å². The van der Waals surface area contributed by atoms with Crippen molar-refractivity contribution in [2.45, 2.75) is 18.9 Å². The maximum Gasteiger partial charge on any atom is 0.321 e. The van der Waals surface area contributed by atoms with Gasteiger partial charge in [-0.2, -0.15) is 0 Å². The van der Waals surface area contributed by atoms with Crippen molar-refractivity contribution in [3.8, 4) is 0 Å². The number of amides is 2. The molecule has 5 nitrogen and oxygen atoms in total. The molecule has 0 radical (unpaired) electrons. The molecule has 2 amide bonds. The van der Waals surface area contributed by atoms with Gasteiger partial charge in [-0.3, -0.25) is 5.32 Å². The second kappa shape index (κ2) is 6.49. The summed E-state index contributed by atoms with van der Waals surface area (Å²) in [5, 5.41) is 9.85. The average molecular weight is 338 g/mol. The summed E-state index contributed by atoms with van der Waals surface area (Å²) < 4.78 is 1.07. The van der Waals surface area contributed by atoms with Crippen LogP contribution >= 0.6 is 11.3 Å². The number of urea groups is 1. The molecule has 0 spiro atoms. The number of nitrogens with zero attached hydrogens (tertiary/aromatic N) is 1. The summed E-state index contributed by atoms with van der Waals surface area (Å²) in [6.45, 7) is 0.588. The smallest absolute Gasteiger partial charge is 0.321 e. The molecule has 24 heavy (non-hydrogen) atoms. The first kappa shape index (κ1) is 15.0. The van der Waals surface area contributed by atoms with Gasteiger partial charge in [0.15, 0.2) is 5.13 Å². The van der Waals surface area contributed by atoms with Gasteiger partial charge < -0.3 is 10.6 Å². The maximum absolute atomic E-state index is 12.1. The normalized spacial score (nSPS) is 16.2. The Hall–Kier alpha value is -2.60. The molecule has 6 heteroatoms.